The van der Waals surface area contributed by atoms with E-state index in [0.29, 0.717) is 24.0 Å². The second kappa shape index (κ2) is 6.52. The average Bonchev–Trinajstić information content (AvgIpc) is 2.93. The first-order valence-electron chi connectivity index (χ1n) is 6.80. The maximum Gasteiger partial charge on any atom is 0.132 e. The first-order valence-corrected chi connectivity index (χ1v) is 6.80. The van der Waals surface area contributed by atoms with Crippen LogP contribution in [0.4, 0.5) is 4.39 Å². The van der Waals surface area contributed by atoms with E-state index in [4.69, 9.17) is 10.5 Å². The number of ether oxygens (including phenoxy) is 1. The van der Waals surface area contributed by atoms with Crippen molar-refractivity contribution in [2.75, 3.05) is 0 Å². The molecular weight excluding hydrogens is 257 g/mol. The summed E-state index contributed by atoms with van der Waals surface area (Å²) in [6.45, 7) is 4.64. The molecule has 0 aliphatic heterocycles. The molecule has 0 saturated carbocycles. The van der Waals surface area contributed by atoms with Gasteiger partial charge in [-0.3, -0.25) is 4.68 Å². The lowest BCUT2D eigenvalue weighted by molar-refractivity contribution is 0.293. The van der Waals surface area contributed by atoms with Crippen molar-refractivity contribution in [3.63, 3.8) is 0 Å². The molecule has 0 spiro atoms. The number of halogens is 1. The van der Waals surface area contributed by atoms with Gasteiger partial charge in [-0.2, -0.15) is 5.10 Å². The van der Waals surface area contributed by atoms with Crippen LogP contribution >= 0.6 is 0 Å². The molecule has 0 fully saturated rings. The zero-order valence-corrected chi connectivity index (χ0v) is 11.8. The summed E-state index contributed by atoms with van der Waals surface area (Å²) >= 11 is 0. The number of nitrogens with zero attached hydrogens (tertiary/aromatic N) is 2. The first kappa shape index (κ1) is 14.5. The average molecular weight is 277 g/mol. The molecule has 20 heavy (non-hydrogen) atoms. The van der Waals surface area contributed by atoms with Crippen molar-refractivity contribution >= 4 is 0 Å². The Bertz CT molecular complexity index is 568. The van der Waals surface area contributed by atoms with Gasteiger partial charge in [-0.15, -0.1) is 0 Å². The van der Waals surface area contributed by atoms with E-state index in [1.807, 2.05) is 16.9 Å². The fourth-order valence-corrected chi connectivity index (χ4v) is 1.91. The second-order valence-electron chi connectivity index (χ2n) is 4.75. The second-order valence-corrected chi connectivity index (χ2v) is 4.75. The largest absolute Gasteiger partial charge is 0.487 e. The Morgan fingerprint density at radius 1 is 1.40 bits per heavy atom. The topological polar surface area (TPSA) is 53.1 Å². The van der Waals surface area contributed by atoms with Gasteiger partial charge >= 0.3 is 0 Å². The molecule has 1 aromatic heterocycles. The molecule has 2 N–H and O–H groups in total. The van der Waals surface area contributed by atoms with Crippen LogP contribution in [0.25, 0.3) is 0 Å². The Balaban J connectivity index is 2.05. The molecular formula is C15H20FN3O. The standard InChI is InChI=1S/C15H20FN3O/c1-3-11(2)19-8-7-12(18-19)10-20-15-6-4-5-14(16)13(15)9-17/h4-8,11H,3,9-10,17H2,1-2H3. The van der Waals surface area contributed by atoms with Crippen molar-refractivity contribution in [3.05, 3.63) is 47.5 Å². The molecule has 2 rings (SSSR count). The molecule has 0 bridgehead atoms. The number of nitrogens with two attached hydrogens (primary N) is 1. The highest BCUT2D eigenvalue weighted by Gasteiger charge is 2.09. The minimum atomic E-state index is -0.338. The van der Waals surface area contributed by atoms with Crippen LogP contribution in [0.3, 0.4) is 0 Å². The van der Waals surface area contributed by atoms with Crippen LogP contribution in [0.2, 0.25) is 0 Å². The quantitative estimate of drug-likeness (QED) is 0.883. The van der Waals surface area contributed by atoms with Gasteiger partial charge in [0.15, 0.2) is 0 Å². The lowest BCUT2D eigenvalue weighted by Gasteiger charge is -2.10. The molecule has 0 aliphatic rings. The van der Waals surface area contributed by atoms with Crippen LogP contribution in [-0.4, -0.2) is 9.78 Å². The predicted octanol–water partition coefficient (Wildman–Crippen LogP) is 3.03. The molecule has 0 radical (unpaired) electrons. The van der Waals surface area contributed by atoms with Gasteiger partial charge in [0.25, 0.3) is 0 Å². The summed E-state index contributed by atoms with van der Waals surface area (Å²) in [5, 5.41) is 4.44. The molecule has 1 heterocycles. The summed E-state index contributed by atoms with van der Waals surface area (Å²) in [4.78, 5) is 0. The summed E-state index contributed by atoms with van der Waals surface area (Å²) in [6.07, 6.45) is 2.95. The maximum atomic E-state index is 13.6. The Hall–Kier alpha value is -1.88. The Labute approximate surface area is 118 Å². The highest BCUT2D eigenvalue weighted by molar-refractivity contribution is 5.34. The Kier molecular flexibility index (Phi) is 4.74. The first-order chi connectivity index (χ1) is 9.65. The lowest BCUT2D eigenvalue weighted by Crippen LogP contribution is -2.07. The summed E-state index contributed by atoms with van der Waals surface area (Å²) in [7, 11) is 0. The van der Waals surface area contributed by atoms with Crippen LogP contribution in [0.15, 0.2) is 30.5 Å². The molecule has 2 aromatic rings. The third-order valence-electron chi connectivity index (χ3n) is 3.36. The number of rotatable bonds is 6. The van der Waals surface area contributed by atoms with Crippen molar-refractivity contribution in [2.24, 2.45) is 5.73 Å². The third kappa shape index (κ3) is 3.17. The van der Waals surface area contributed by atoms with E-state index in [-0.39, 0.29) is 12.4 Å². The molecule has 0 amide bonds. The summed E-state index contributed by atoms with van der Waals surface area (Å²) in [6, 6.07) is 6.98. The van der Waals surface area contributed by atoms with Crippen LogP contribution < -0.4 is 10.5 Å². The summed E-state index contributed by atoms with van der Waals surface area (Å²) < 4.78 is 21.1. The van der Waals surface area contributed by atoms with Crippen LogP contribution in [0.1, 0.15) is 37.6 Å². The monoisotopic (exact) mass is 277 g/mol. The van der Waals surface area contributed by atoms with Crippen LogP contribution in [0.5, 0.6) is 5.75 Å². The molecule has 4 nitrogen and oxygen atoms in total. The number of hydrogen-bond acceptors (Lipinski definition) is 3. The van der Waals surface area contributed by atoms with Gasteiger partial charge in [0.2, 0.25) is 0 Å². The lowest BCUT2D eigenvalue weighted by atomic mass is 10.2. The van der Waals surface area contributed by atoms with Gasteiger partial charge in [0.05, 0.1) is 5.69 Å². The van der Waals surface area contributed by atoms with Crippen molar-refractivity contribution < 1.29 is 9.13 Å². The van der Waals surface area contributed by atoms with Gasteiger partial charge in [0, 0.05) is 24.3 Å². The molecule has 5 heteroatoms. The predicted molar refractivity (Wildman–Crippen MR) is 75.9 cm³/mol. The van der Waals surface area contributed by atoms with Crippen molar-refractivity contribution in [2.45, 2.75) is 39.5 Å². The fourth-order valence-electron chi connectivity index (χ4n) is 1.91. The molecule has 108 valence electrons. The number of benzene rings is 1. The molecule has 1 unspecified atom stereocenters. The number of hydrogen-bond donors (Lipinski definition) is 1. The molecule has 1 atom stereocenters. The minimum absolute atomic E-state index is 0.114. The van der Waals surface area contributed by atoms with E-state index in [0.717, 1.165) is 12.1 Å². The van der Waals surface area contributed by atoms with E-state index in [2.05, 4.69) is 18.9 Å². The zero-order chi connectivity index (χ0) is 14.5. The molecule has 0 aliphatic carbocycles. The van der Waals surface area contributed by atoms with Crippen molar-refractivity contribution in [1.82, 2.24) is 9.78 Å². The van der Waals surface area contributed by atoms with E-state index < -0.39 is 0 Å². The Morgan fingerprint density at radius 2 is 2.20 bits per heavy atom. The van der Waals surface area contributed by atoms with Gasteiger partial charge in [0.1, 0.15) is 18.2 Å². The van der Waals surface area contributed by atoms with E-state index in [1.165, 1.54) is 6.07 Å². The third-order valence-corrected chi connectivity index (χ3v) is 3.36. The van der Waals surface area contributed by atoms with Gasteiger partial charge in [-0.1, -0.05) is 13.0 Å². The molecule has 0 saturated heterocycles. The SMILES string of the molecule is CCC(C)n1ccc(COc2cccc(F)c2CN)n1. The highest BCUT2D eigenvalue weighted by Crippen LogP contribution is 2.22. The van der Waals surface area contributed by atoms with E-state index in [9.17, 15) is 4.39 Å². The minimum Gasteiger partial charge on any atom is -0.487 e. The Morgan fingerprint density at radius 3 is 2.90 bits per heavy atom. The van der Waals surface area contributed by atoms with Crippen LogP contribution in [-0.2, 0) is 13.2 Å². The zero-order valence-electron chi connectivity index (χ0n) is 11.8. The van der Waals surface area contributed by atoms with Gasteiger partial charge in [-0.05, 0) is 31.5 Å². The highest BCUT2D eigenvalue weighted by atomic mass is 19.1. The van der Waals surface area contributed by atoms with E-state index in [1.54, 1.807) is 12.1 Å². The fraction of sp³-hybridized carbons (Fsp3) is 0.400. The number of aromatic nitrogens is 2. The summed E-state index contributed by atoms with van der Waals surface area (Å²) in [5.74, 6) is 0.140. The van der Waals surface area contributed by atoms with Crippen molar-refractivity contribution in [3.8, 4) is 5.75 Å². The smallest absolute Gasteiger partial charge is 0.132 e. The van der Waals surface area contributed by atoms with E-state index >= 15 is 0 Å². The maximum absolute atomic E-state index is 13.6. The summed E-state index contributed by atoms with van der Waals surface area (Å²) in [5.41, 5.74) is 6.76. The molecule has 1 aromatic carbocycles. The van der Waals surface area contributed by atoms with Crippen LogP contribution in [0, 0.1) is 5.82 Å². The van der Waals surface area contributed by atoms with Crippen molar-refractivity contribution in [1.29, 1.82) is 0 Å². The van der Waals surface area contributed by atoms with Gasteiger partial charge in [-0.25, -0.2) is 4.39 Å². The normalized spacial score (nSPS) is 12.4. The van der Waals surface area contributed by atoms with Gasteiger partial charge < -0.3 is 10.5 Å².